The van der Waals surface area contributed by atoms with Gasteiger partial charge < -0.3 is 72.1 Å². The summed E-state index contributed by atoms with van der Waals surface area (Å²) in [4.78, 5) is 13.2. The lowest BCUT2D eigenvalue weighted by Gasteiger charge is -2.49. The van der Waals surface area contributed by atoms with Crippen molar-refractivity contribution in [2.75, 3.05) is 39.8 Å². The first kappa shape index (κ1) is 32.9. The van der Waals surface area contributed by atoms with Gasteiger partial charge >= 0.3 is 0 Å². The number of hydrogen-bond acceptors (Lipinski definition) is 14. The van der Waals surface area contributed by atoms with Crippen molar-refractivity contribution in [3.8, 4) is 0 Å². The van der Waals surface area contributed by atoms with Crippen LogP contribution in [-0.2, 0) is 23.7 Å². The first-order chi connectivity index (χ1) is 20.4. The number of aliphatic hydroxyl groups excluding tert-OH is 2. The number of amides is 1. The highest BCUT2D eigenvalue weighted by Crippen LogP contribution is 2.33. The summed E-state index contributed by atoms with van der Waals surface area (Å²) in [5.41, 5.74) is 9.85. The third kappa shape index (κ3) is 7.51. The fourth-order valence-corrected chi connectivity index (χ4v) is 6.42. The number of aliphatic hydroxyl groups is 4. The molecule has 1 unspecified atom stereocenters. The van der Waals surface area contributed by atoms with E-state index in [-0.39, 0.29) is 26.0 Å². The molecule has 3 heterocycles. The molecular weight excluding hydrogens is 564 g/mol. The Morgan fingerprint density at radius 1 is 1.14 bits per heavy atom. The number of carbonyl (C=O) groups is 1. The van der Waals surface area contributed by atoms with E-state index in [1.165, 1.54) is 19.8 Å². The molecule has 2 aliphatic carbocycles. The lowest BCUT2D eigenvalue weighted by Crippen LogP contribution is -2.70. The van der Waals surface area contributed by atoms with E-state index in [2.05, 4.69) is 21.3 Å². The van der Waals surface area contributed by atoms with Gasteiger partial charge in [-0.25, -0.2) is 0 Å². The highest BCUT2D eigenvalue weighted by atomic mass is 16.7. The first-order valence-electron chi connectivity index (χ1n) is 15.4. The molecule has 4 fully saturated rings. The first-order valence-corrected chi connectivity index (χ1v) is 15.4. The van der Waals surface area contributed by atoms with Gasteiger partial charge in [-0.2, -0.15) is 0 Å². The molecule has 0 aromatic heterocycles. The topological polar surface area (TPSA) is 235 Å². The molecule has 43 heavy (non-hydrogen) atoms. The zero-order chi connectivity index (χ0) is 30.9. The normalized spacial score (nSPS) is 45.3. The summed E-state index contributed by atoms with van der Waals surface area (Å²) in [7, 11) is 1.60. The Kier molecular flexibility index (Phi) is 10.3. The Morgan fingerprint density at radius 3 is 2.56 bits per heavy atom. The lowest BCUT2D eigenvalue weighted by atomic mass is 9.83. The van der Waals surface area contributed by atoms with Crippen LogP contribution in [0.15, 0.2) is 11.8 Å². The van der Waals surface area contributed by atoms with E-state index < -0.39 is 78.3 Å². The van der Waals surface area contributed by atoms with E-state index in [9.17, 15) is 25.2 Å². The molecular formula is C28H50N6O9. The Hall–Kier alpha value is -1.47. The van der Waals surface area contributed by atoms with Crippen molar-refractivity contribution in [3.05, 3.63) is 11.8 Å². The number of nitrogens with one attached hydrogen (secondary N) is 4. The van der Waals surface area contributed by atoms with Gasteiger partial charge in [-0.3, -0.25) is 4.79 Å². The van der Waals surface area contributed by atoms with Gasteiger partial charge in [0.15, 0.2) is 11.9 Å². The van der Waals surface area contributed by atoms with Gasteiger partial charge in [0.25, 0.3) is 5.91 Å². The second-order valence-corrected chi connectivity index (χ2v) is 13.1. The summed E-state index contributed by atoms with van der Waals surface area (Å²) >= 11 is 0. The third-order valence-electron chi connectivity index (χ3n) is 9.28. The summed E-state index contributed by atoms with van der Waals surface area (Å²) in [5.74, 6) is 0.791. The maximum atomic E-state index is 13.2. The van der Waals surface area contributed by atoms with Crippen molar-refractivity contribution >= 4 is 5.91 Å². The number of carbonyl (C=O) groups excluding carboxylic acids is 1. The third-order valence-corrected chi connectivity index (χ3v) is 9.28. The number of rotatable bonds is 11. The number of likely N-dealkylation sites (N-methyl/N-ethyl adjacent to an activating group) is 1. The van der Waals surface area contributed by atoms with Gasteiger partial charge in [-0.05, 0) is 71.2 Å². The van der Waals surface area contributed by atoms with E-state index in [4.69, 9.17) is 30.4 Å². The molecule has 12 N–H and O–H groups in total. The summed E-state index contributed by atoms with van der Waals surface area (Å²) < 4.78 is 24.2. The molecule has 0 radical (unpaired) electrons. The van der Waals surface area contributed by atoms with Crippen molar-refractivity contribution in [2.24, 2.45) is 17.4 Å². The molecule has 12 atom stereocenters. The molecule has 5 aliphatic rings. The second kappa shape index (κ2) is 13.5. The SMILES string of the molecule is CN[C@@H]1[C@@H](O)[C@@H](O[C@@H]2[C@@H](O)[C@H](O[C@H]3OC(CNCC4CC4)=CC[C@H]3N)[C@@H](N)C[C@H]2NC(=O)C2(O)CCNC2)OC[C@]1(C)O. The number of β-amino-alcohol motifs (C(OH)–C–C–N with tert-alkyl or cyclic N) is 1. The van der Waals surface area contributed by atoms with Gasteiger partial charge in [0.05, 0.1) is 31.3 Å². The average Bonchev–Trinajstić information content (AvgIpc) is 3.67. The van der Waals surface area contributed by atoms with E-state index in [0.717, 1.165) is 6.54 Å². The molecule has 0 bridgehead atoms. The predicted molar refractivity (Wildman–Crippen MR) is 153 cm³/mol. The van der Waals surface area contributed by atoms with Crippen molar-refractivity contribution in [1.29, 1.82) is 0 Å². The zero-order valence-electron chi connectivity index (χ0n) is 25.0. The molecule has 2 saturated carbocycles. The van der Waals surface area contributed by atoms with Gasteiger partial charge in [0.2, 0.25) is 6.29 Å². The monoisotopic (exact) mass is 614 g/mol. The molecule has 1 amide bonds. The minimum Gasteiger partial charge on any atom is -0.467 e. The smallest absolute Gasteiger partial charge is 0.253 e. The predicted octanol–water partition coefficient (Wildman–Crippen LogP) is -3.93. The fraction of sp³-hybridized carbons (Fsp3) is 0.893. The Labute approximate surface area is 252 Å². The molecule has 2 saturated heterocycles. The van der Waals surface area contributed by atoms with Gasteiger partial charge in [0, 0.05) is 12.6 Å². The number of nitrogens with two attached hydrogens (primary N) is 2. The maximum absolute atomic E-state index is 13.2. The van der Waals surface area contributed by atoms with Crippen molar-refractivity contribution < 1.29 is 44.2 Å². The summed E-state index contributed by atoms with van der Waals surface area (Å²) in [5, 5.41) is 56.3. The van der Waals surface area contributed by atoms with Crippen LogP contribution >= 0.6 is 0 Å². The van der Waals surface area contributed by atoms with Crippen LogP contribution < -0.4 is 32.7 Å². The Balaban J connectivity index is 1.30. The molecule has 3 aliphatic heterocycles. The van der Waals surface area contributed by atoms with Crippen LogP contribution in [-0.4, -0.2) is 139 Å². The maximum Gasteiger partial charge on any atom is 0.253 e. The van der Waals surface area contributed by atoms with Gasteiger partial charge in [0.1, 0.15) is 35.8 Å². The quantitative estimate of drug-likeness (QED) is 0.107. The summed E-state index contributed by atoms with van der Waals surface area (Å²) in [6.07, 6.45) is -1.79. The van der Waals surface area contributed by atoms with Crippen LogP contribution in [0.2, 0.25) is 0 Å². The van der Waals surface area contributed by atoms with E-state index >= 15 is 0 Å². The van der Waals surface area contributed by atoms with Crippen LogP contribution in [0.5, 0.6) is 0 Å². The average molecular weight is 615 g/mol. The van der Waals surface area contributed by atoms with Crippen LogP contribution in [0.4, 0.5) is 0 Å². The summed E-state index contributed by atoms with van der Waals surface area (Å²) in [6, 6.07) is -2.93. The van der Waals surface area contributed by atoms with Crippen molar-refractivity contribution in [2.45, 2.75) is 111 Å². The van der Waals surface area contributed by atoms with Crippen LogP contribution in [0.25, 0.3) is 0 Å². The minimum absolute atomic E-state index is 0.0864. The zero-order valence-corrected chi connectivity index (χ0v) is 25.0. The van der Waals surface area contributed by atoms with Crippen molar-refractivity contribution in [3.63, 3.8) is 0 Å². The van der Waals surface area contributed by atoms with E-state index in [1.54, 1.807) is 7.05 Å². The van der Waals surface area contributed by atoms with Crippen LogP contribution in [0.3, 0.4) is 0 Å². The Morgan fingerprint density at radius 2 is 1.88 bits per heavy atom. The van der Waals surface area contributed by atoms with E-state index in [0.29, 0.717) is 31.2 Å². The fourth-order valence-electron chi connectivity index (χ4n) is 6.42. The van der Waals surface area contributed by atoms with Crippen LogP contribution in [0.1, 0.15) is 39.0 Å². The largest absolute Gasteiger partial charge is 0.467 e. The molecule has 0 aromatic carbocycles. The standard InChI is InChI=1S/C28H50N6O9/c1-27(38)13-40-25(20(36)23(27)31-2)43-22-18(34-26(37)28(39)7-8-32-12-28)9-17(30)21(19(22)35)42-24-16(29)6-5-15(41-24)11-33-10-14-3-4-14/h5,14,16-25,31-33,35-36,38-39H,3-4,6-13,29-30H2,1-2H3,(H,34,37)/t16-,17+,18-,19+,20-,21-,22+,23-,24-,25-,27+,28?/m1/s1. The number of ether oxygens (including phenoxy) is 4. The lowest BCUT2D eigenvalue weighted by molar-refractivity contribution is -0.304. The molecule has 15 nitrogen and oxygen atoms in total. The highest BCUT2D eigenvalue weighted by Gasteiger charge is 2.52. The molecule has 0 aromatic rings. The van der Waals surface area contributed by atoms with Crippen LogP contribution in [0, 0.1) is 5.92 Å². The van der Waals surface area contributed by atoms with Crippen molar-refractivity contribution in [1.82, 2.24) is 21.3 Å². The number of hydrogen-bond donors (Lipinski definition) is 10. The highest BCUT2D eigenvalue weighted by molar-refractivity contribution is 5.86. The molecule has 0 spiro atoms. The minimum atomic E-state index is -1.62. The molecule has 5 rings (SSSR count). The Bertz CT molecular complexity index is 994. The molecule has 246 valence electrons. The molecule has 15 heteroatoms. The van der Waals surface area contributed by atoms with Gasteiger partial charge in [-0.15, -0.1) is 0 Å². The van der Waals surface area contributed by atoms with Gasteiger partial charge in [-0.1, -0.05) is 0 Å². The van der Waals surface area contributed by atoms with E-state index in [1.807, 2.05) is 6.08 Å². The second-order valence-electron chi connectivity index (χ2n) is 13.1. The summed E-state index contributed by atoms with van der Waals surface area (Å²) in [6.45, 7) is 3.40.